The van der Waals surface area contributed by atoms with Gasteiger partial charge in [-0.25, -0.2) is 13.2 Å². The van der Waals surface area contributed by atoms with Crippen molar-refractivity contribution in [2.75, 3.05) is 5.32 Å². The number of rotatable bonds is 7. The number of carbonyl (C=O) groups excluding carboxylic acids is 1. The van der Waals surface area contributed by atoms with Crippen molar-refractivity contribution in [1.82, 2.24) is 19.6 Å². The molecule has 146 valence electrons. The van der Waals surface area contributed by atoms with Gasteiger partial charge in [0.2, 0.25) is 5.91 Å². The number of halogens is 3. The number of alkyl halides is 2. The highest BCUT2D eigenvalue weighted by Crippen LogP contribution is 2.40. The number of benzene rings is 1. The Balaban J connectivity index is 1.41. The predicted molar refractivity (Wildman–Crippen MR) is 95.5 cm³/mol. The summed E-state index contributed by atoms with van der Waals surface area (Å²) in [7, 11) is 0. The number of amides is 1. The van der Waals surface area contributed by atoms with Crippen molar-refractivity contribution >= 4 is 11.6 Å². The number of nitrogens with one attached hydrogen (secondary N) is 1. The molecule has 0 bridgehead atoms. The Morgan fingerprint density at radius 3 is 2.79 bits per heavy atom. The Hall–Kier alpha value is -3.10. The number of hydrogen-bond donors (Lipinski definition) is 1. The van der Waals surface area contributed by atoms with Crippen LogP contribution in [0.15, 0.2) is 42.7 Å². The first-order chi connectivity index (χ1) is 13.5. The van der Waals surface area contributed by atoms with Crippen LogP contribution in [-0.4, -0.2) is 25.5 Å². The summed E-state index contributed by atoms with van der Waals surface area (Å²) in [6.07, 6.45) is 2.15. The number of nitrogens with zero attached hydrogens (tertiary/aromatic N) is 4. The molecule has 0 atom stereocenters. The van der Waals surface area contributed by atoms with E-state index in [9.17, 15) is 18.0 Å². The molecule has 6 nitrogen and oxygen atoms in total. The standard InChI is InChI=1S/C19H18F3N5O/c20-15-4-2-1-3-13(15)9-26-10-14(8-23-26)24-18(28)11-27-17(19(21)22)7-16(25-27)12-5-6-12/h1-4,7-8,10,12,19H,5-6,9,11H2,(H,24,28). The van der Waals surface area contributed by atoms with Crippen molar-refractivity contribution in [3.63, 3.8) is 0 Å². The molecule has 4 rings (SSSR count). The summed E-state index contributed by atoms with van der Waals surface area (Å²) in [5, 5.41) is 10.9. The maximum Gasteiger partial charge on any atom is 0.280 e. The molecule has 1 aliphatic carbocycles. The Bertz CT molecular complexity index is 993. The summed E-state index contributed by atoms with van der Waals surface area (Å²) in [6.45, 7) is -0.104. The van der Waals surface area contributed by atoms with Gasteiger partial charge in [0.1, 0.15) is 18.1 Å². The van der Waals surface area contributed by atoms with E-state index in [-0.39, 0.29) is 30.5 Å². The van der Waals surface area contributed by atoms with Crippen molar-refractivity contribution in [2.45, 2.75) is 38.3 Å². The summed E-state index contributed by atoms with van der Waals surface area (Å²) in [6, 6.07) is 7.72. The van der Waals surface area contributed by atoms with Crippen molar-refractivity contribution in [3.05, 3.63) is 65.5 Å². The van der Waals surface area contributed by atoms with E-state index in [0.717, 1.165) is 17.5 Å². The third-order valence-corrected chi connectivity index (χ3v) is 4.55. The Morgan fingerprint density at radius 1 is 1.29 bits per heavy atom. The summed E-state index contributed by atoms with van der Waals surface area (Å²) in [5.41, 5.74) is 1.22. The van der Waals surface area contributed by atoms with Crippen LogP contribution in [0.25, 0.3) is 0 Å². The molecule has 1 N–H and O–H groups in total. The first kappa shape index (κ1) is 18.3. The molecular weight excluding hydrogens is 371 g/mol. The van der Waals surface area contributed by atoms with E-state index < -0.39 is 12.3 Å². The minimum atomic E-state index is -2.70. The molecule has 3 aromatic rings. The summed E-state index contributed by atoms with van der Waals surface area (Å²) < 4.78 is 42.7. The average molecular weight is 389 g/mol. The molecule has 28 heavy (non-hydrogen) atoms. The van der Waals surface area contributed by atoms with Crippen LogP contribution in [0.5, 0.6) is 0 Å². The molecule has 2 heterocycles. The van der Waals surface area contributed by atoms with Crippen LogP contribution in [0, 0.1) is 5.82 Å². The first-order valence-corrected chi connectivity index (χ1v) is 8.91. The summed E-state index contributed by atoms with van der Waals surface area (Å²) in [4.78, 5) is 12.3. The lowest BCUT2D eigenvalue weighted by Gasteiger charge is -2.07. The Kier molecular flexibility index (Phi) is 4.89. The second-order valence-electron chi connectivity index (χ2n) is 6.79. The van der Waals surface area contributed by atoms with E-state index in [1.165, 1.54) is 23.0 Å². The third kappa shape index (κ3) is 4.08. The van der Waals surface area contributed by atoms with Crippen LogP contribution >= 0.6 is 0 Å². The van der Waals surface area contributed by atoms with Crippen LogP contribution < -0.4 is 5.32 Å². The highest BCUT2D eigenvalue weighted by Gasteiger charge is 2.29. The largest absolute Gasteiger partial charge is 0.322 e. The monoisotopic (exact) mass is 389 g/mol. The van der Waals surface area contributed by atoms with Gasteiger partial charge in [0.15, 0.2) is 0 Å². The molecule has 0 radical (unpaired) electrons. The van der Waals surface area contributed by atoms with Gasteiger partial charge >= 0.3 is 0 Å². The number of carbonyl (C=O) groups is 1. The third-order valence-electron chi connectivity index (χ3n) is 4.55. The van der Waals surface area contributed by atoms with Gasteiger partial charge in [-0.3, -0.25) is 14.2 Å². The Morgan fingerprint density at radius 2 is 2.07 bits per heavy atom. The van der Waals surface area contributed by atoms with Crippen molar-refractivity contribution < 1.29 is 18.0 Å². The molecule has 0 saturated heterocycles. The minimum absolute atomic E-state index is 0.210. The maximum atomic E-state index is 13.7. The van der Waals surface area contributed by atoms with E-state index in [0.29, 0.717) is 16.9 Å². The molecule has 0 unspecified atom stereocenters. The second-order valence-corrected chi connectivity index (χ2v) is 6.79. The van der Waals surface area contributed by atoms with Gasteiger partial charge in [-0.05, 0) is 25.0 Å². The second kappa shape index (κ2) is 7.49. The van der Waals surface area contributed by atoms with Gasteiger partial charge in [0, 0.05) is 17.7 Å². The van der Waals surface area contributed by atoms with Crippen LogP contribution in [0.3, 0.4) is 0 Å². The Labute approximate surface area is 159 Å². The molecule has 1 aromatic carbocycles. The molecule has 1 aliphatic rings. The topological polar surface area (TPSA) is 64.7 Å². The first-order valence-electron chi connectivity index (χ1n) is 8.91. The molecule has 1 amide bonds. The van der Waals surface area contributed by atoms with E-state index in [4.69, 9.17) is 0 Å². The molecule has 9 heteroatoms. The fourth-order valence-electron chi connectivity index (χ4n) is 2.99. The minimum Gasteiger partial charge on any atom is -0.322 e. The molecule has 0 spiro atoms. The lowest BCUT2D eigenvalue weighted by Crippen LogP contribution is -2.21. The maximum absolute atomic E-state index is 13.7. The molecule has 1 fully saturated rings. The fourth-order valence-corrected chi connectivity index (χ4v) is 2.99. The van der Waals surface area contributed by atoms with Crippen molar-refractivity contribution in [2.24, 2.45) is 0 Å². The molecular formula is C19H18F3N5O. The lowest BCUT2D eigenvalue weighted by molar-refractivity contribution is -0.117. The van der Waals surface area contributed by atoms with E-state index in [1.54, 1.807) is 24.4 Å². The van der Waals surface area contributed by atoms with E-state index >= 15 is 0 Å². The zero-order valence-corrected chi connectivity index (χ0v) is 14.9. The molecule has 1 saturated carbocycles. The van der Waals surface area contributed by atoms with E-state index in [1.807, 2.05) is 0 Å². The smallest absolute Gasteiger partial charge is 0.280 e. The van der Waals surface area contributed by atoms with E-state index in [2.05, 4.69) is 15.5 Å². The van der Waals surface area contributed by atoms with Crippen LogP contribution in [0.4, 0.5) is 18.9 Å². The highest BCUT2D eigenvalue weighted by molar-refractivity contribution is 5.90. The SMILES string of the molecule is O=C(Cn1nc(C2CC2)cc1C(F)F)Nc1cnn(Cc2ccccc2F)c1. The zero-order chi connectivity index (χ0) is 19.7. The van der Waals surface area contributed by atoms with Gasteiger partial charge in [-0.1, -0.05) is 18.2 Å². The number of hydrogen-bond acceptors (Lipinski definition) is 3. The van der Waals surface area contributed by atoms with Gasteiger partial charge in [0.05, 0.1) is 24.1 Å². The predicted octanol–water partition coefficient (Wildman–Crippen LogP) is 3.72. The number of aromatic nitrogens is 4. The summed E-state index contributed by atoms with van der Waals surface area (Å²) >= 11 is 0. The van der Waals surface area contributed by atoms with Gasteiger partial charge in [-0.15, -0.1) is 0 Å². The van der Waals surface area contributed by atoms with Crippen LogP contribution in [-0.2, 0) is 17.9 Å². The average Bonchev–Trinajstić information content (AvgIpc) is 3.28. The van der Waals surface area contributed by atoms with Crippen molar-refractivity contribution in [1.29, 1.82) is 0 Å². The zero-order valence-electron chi connectivity index (χ0n) is 14.9. The quantitative estimate of drug-likeness (QED) is 0.670. The lowest BCUT2D eigenvalue weighted by atomic mass is 10.2. The normalized spacial score (nSPS) is 13.9. The number of anilines is 1. The van der Waals surface area contributed by atoms with Crippen LogP contribution in [0.1, 0.15) is 42.1 Å². The fraction of sp³-hybridized carbons (Fsp3) is 0.316. The van der Waals surface area contributed by atoms with Gasteiger partial charge in [-0.2, -0.15) is 10.2 Å². The molecule has 0 aliphatic heterocycles. The van der Waals surface area contributed by atoms with Crippen molar-refractivity contribution in [3.8, 4) is 0 Å². The van der Waals surface area contributed by atoms with Crippen LogP contribution in [0.2, 0.25) is 0 Å². The van der Waals surface area contributed by atoms with Gasteiger partial charge < -0.3 is 5.32 Å². The highest BCUT2D eigenvalue weighted by atomic mass is 19.3. The van der Waals surface area contributed by atoms with Gasteiger partial charge in [0.25, 0.3) is 6.43 Å². The molecule has 2 aromatic heterocycles. The summed E-state index contributed by atoms with van der Waals surface area (Å²) in [5.74, 6) is -0.607.